The van der Waals surface area contributed by atoms with Crippen molar-refractivity contribution in [2.24, 2.45) is 5.92 Å². The Kier molecular flexibility index (Phi) is 7.26. The zero-order valence-corrected chi connectivity index (χ0v) is 16.4. The molecule has 1 aromatic rings. The van der Waals surface area contributed by atoms with Crippen LogP contribution in [-0.2, 0) is 11.3 Å². The van der Waals surface area contributed by atoms with Gasteiger partial charge in [-0.05, 0) is 31.9 Å². The molecular weight excluding hydrogens is 314 g/mol. The van der Waals surface area contributed by atoms with Crippen molar-refractivity contribution in [1.82, 2.24) is 5.32 Å². The molecule has 5 nitrogen and oxygen atoms in total. The van der Waals surface area contributed by atoms with E-state index in [9.17, 15) is 4.79 Å². The number of carbonyl (C=O) groups excluding carboxylic acids is 1. The van der Waals surface area contributed by atoms with E-state index in [1.54, 1.807) is 12.0 Å². The van der Waals surface area contributed by atoms with Crippen molar-refractivity contribution in [3.05, 3.63) is 29.3 Å². The molecule has 0 aromatic heterocycles. The molecular formula is C20H35N3O2+2. The number of aryl methyl sites for hydroxylation is 1. The summed E-state index contributed by atoms with van der Waals surface area (Å²) in [5, 5.41) is 3.12. The van der Waals surface area contributed by atoms with Gasteiger partial charge < -0.3 is 19.9 Å². The normalized spacial score (nSPS) is 21.8. The van der Waals surface area contributed by atoms with Gasteiger partial charge in [0.1, 0.15) is 38.5 Å². The average molecular weight is 350 g/mol. The van der Waals surface area contributed by atoms with Crippen molar-refractivity contribution in [2.45, 2.75) is 40.3 Å². The fraction of sp³-hybridized carbons (Fsp3) is 0.650. The summed E-state index contributed by atoms with van der Waals surface area (Å²) in [5.41, 5.74) is 2.56. The number of piperazine rings is 1. The van der Waals surface area contributed by atoms with Gasteiger partial charge in [-0.15, -0.1) is 0 Å². The number of hydrogen-bond donors (Lipinski definition) is 3. The van der Waals surface area contributed by atoms with Gasteiger partial charge in [-0.3, -0.25) is 4.79 Å². The minimum Gasteiger partial charge on any atom is -0.496 e. The monoisotopic (exact) mass is 349 g/mol. The number of quaternary nitrogens is 2. The van der Waals surface area contributed by atoms with E-state index in [0.29, 0.717) is 12.5 Å². The Bertz CT molecular complexity index is 566. The maximum Gasteiger partial charge on any atom is 0.275 e. The smallest absolute Gasteiger partial charge is 0.275 e. The lowest BCUT2D eigenvalue weighted by Gasteiger charge is -2.30. The zero-order chi connectivity index (χ0) is 18.4. The Morgan fingerprint density at radius 1 is 1.16 bits per heavy atom. The van der Waals surface area contributed by atoms with E-state index in [1.807, 2.05) is 0 Å². The van der Waals surface area contributed by atoms with Crippen LogP contribution in [0.5, 0.6) is 5.75 Å². The van der Waals surface area contributed by atoms with Crippen LogP contribution in [0.2, 0.25) is 0 Å². The third-order valence-corrected chi connectivity index (χ3v) is 5.34. The van der Waals surface area contributed by atoms with Gasteiger partial charge >= 0.3 is 0 Å². The molecule has 0 spiro atoms. The second-order valence-electron chi connectivity index (χ2n) is 7.77. The second-order valence-corrected chi connectivity index (χ2v) is 7.77. The Morgan fingerprint density at radius 3 is 2.40 bits per heavy atom. The molecule has 1 fully saturated rings. The maximum absolute atomic E-state index is 12.2. The molecule has 1 amide bonds. The molecule has 140 valence electrons. The van der Waals surface area contributed by atoms with Crippen molar-refractivity contribution in [2.75, 3.05) is 39.8 Å². The van der Waals surface area contributed by atoms with Gasteiger partial charge in [0.2, 0.25) is 0 Å². The van der Waals surface area contributed by atoms with E-state index >= 15 is 0 Å². The molecule has 0 radical (unpaired) electrons. The van der Waals surface area contributed by atoms with Gasteiger partial charge in [0.05, 0.1) is 7.11 Å². The lowest BCUT2D eigenvalue weighted by atomic mass is 10.1. The van der Waals surface area contributed by atoms with Crippen LogP contribution in [-0.4, -0.2) is 51.8 Å². The SMILES string of the molecule is COc1ccc(C)cc1C[NH+]1CC[NH+](CC(=O)N[C@@H](C)C(C)C)CC1. The maximum atomic E-state index is 12.2. The quantitative estimate of drug-likeness (QED) is 0.619. The number of benzene rings is 1. The van der Waals surface area contributed by atoms with E-state index in [0.717, 1.165) is 38.5 Å². The van der Waals surface area contributed by atoms with Crippen molar-refractivity contribution >= 4 is 5.91 Å². The molecule has 1 saturated heterocycles. The Morgan fingerprint density at radius 2 is 1.80 bits per heavy atom. The molecule has 0 aliphatic carbocycles. The molecule has 1 atom stereocenters. The highest BCUT2D eigenvalue weighted by Gasteiger charge is 2.26. The molecule has 0 saturated carbocycles. The Labute approximate surface area is 152 Å². The number of amides is 1. The molecule has 1 heterocycles. The summed E-state index contributed by atoms with van der Waals surface area (Å²) >= 11 is 0. The molecule has 0 unspecified atom stereocenters. The van der Waals surface area contributed by atoms with Crippen LogP contribution in [0.4, 0.5) is 0 Å². The van der Waals surface area contributed by atoms with Crippen LogP contribution < -0.4 is 19.9 Å². The van der Waals surface area contributed by atoms with E-state index in [-0.39, 0.29) is 11.9 Å². The third-order valence-electron chi connectivity index (χ3n) is 5.34. The predicted molar refractivity (Wildman–Crippen MR) is 100 cm³/mol. The molecule has 1 aromatic carbocycles. The Balaban J connectivity index is 1.80. The standard InChI is InChI=1S/C20H33N3O2/c1-15(2)17(4)21-20(24)14-23-10-8-22(9-11-23)13-18-12-16(3)6-7-19(18)25-5/h6-7,12,15,17H,8-11,13-14H2,1-5H3,(H,21,24)/p+2/t17-/m0/s1. The molecule has 2 rings (SSSR count). The topological polar surface area (TPSA) is 47.2 Å². The lowest BCUT2D eigenvalue weighted by molar-refractivity contribution is -1.02. The van der Waals surface area contributed by atoms with Gasteiger partial charge in [0.15, 0.2) is 6.54 Å². The first kappa shape index (κ1) is 19.7. The van der Waals surface area contributed by atoms with Crippen molar-refractivity contribution in [3.8, 4) is 5.75 Å². The fourth-order valence-corrected chi connectivity index (χ4v) is 3.32. The molecule has 1 aliphatic rings. The van der Waals surface area contributed by atoms with Crippen LogP contribution in [0, 0.1) is 12.8 Å². The number of methoxy groups -OCH3 is 1. The van der Waals surface area contributed by atoms with E-state index in [1.165, 1.54) is 16.0 Å². The van der Waals surface area contributed by atoms with Gasteiger partial charge in [-0.2, -0.15) is 0 Å². The highest BCUT2D eigenvalue weighted by Crippen LogP contribution is 2.18. The van der Waals surface area contributed by atoms with Crippen LogP contribution in [0.25, 0.3) is 0 Å². The summed E-state index contributed by atoms with van der Waals surface area (Å²) in [6.45, 7) is 14.4. The summed E-state index contributed by atoms with van der Waals surface area (Å²) in [4.78, 5) is 15.1. The first-order valence-electron chi connectivity index (χ1n) is 9.49. The number of rotatable bonds is 7. The summed E-state index contributed by atoms with van der Waals surface area (Å²) in [5.74, 6) is 1.64. The second kappa shape index (κ2) is 9.20. The molecule has 3 N–H and O–H groups in total. The summed E-state index contributed by atoms with van der Waals surface area (Å²) in [7, 11) is 1.74. The van der Waals surface area contributed by atoms with Crippen LogP contribution >= 0.6 is 0 Å². The molecule has 25 heavy (non-hydrogen) atoms. The molecule has 0 bridgehead atoms. The Hall–Kier alpha value is -1.59. The summed E-state index contributed by atoms with van der Waals surface area (Å²) < 4.78 is 5.50. The largest absolute Gasteiger partial charge is 0.496 e. The zero-order valence-electron chi connectivity index (χ0n) is 16.4. The van der Waals surface area contributed by atoms with Gasteiger partial charge in [0.25, 0.3) is 5.91 Å². The lowest BCUT2D eigenvalue weighted by Crippen LogP contribution is -3.28. The highest BCUT2D eigenvalue weighted by molar-refractivity contribution is 5.77. The highest BCUT2D eigenvalue weighted by atomic mass is 16.5. The van der Waals surface area contributed by atoms with Gasteiger partial charge in [0, 0.05) is 11.6 Å². The first-order valence-corrected chi connectivity index (χ1v) is 9.49. The van der Waals surface area contributed by atoms with E-state index in [4.69, 9.17) is 4.74 Å². The van der Waals surface area contributed by atoms with E-state index in [2.05, 4.69) is 51.2 Å². The van der Waals surface area contributed by atoms with Gasteiger partial charge in [-0.1, -0.05) is 25.5 Å². The number of ether oxygens (including phenoxy) is 1. The van der Waals surface area contributed by atoms with Crippen LogP contribution in [0.1, 0.15) is 31.9 Å². The summed E-state index contributed by atoms with van der Waals surface area (Å²) in [6, 6.07) is 6.63. The summed E-state index contributed by atoms with van der Waals surface area (Å²) in [6.07, 6.45) is 0. The van der Waals surface area contributed by atoms with E-state index < -0.39 is 0 Å². The van der Waals surface area contributed by atoms with Gasteiger partial charge in [-0.25, -0.2) is 0 Å². The minimum absolute atomic E-state index is 0.181. The van der Waals surface area contributed by atoms with Crippen LogP contribution in [0.3, 0.4) is 0 Å². The average Bonchev–Trinajstić information content (AvgIpc) is 2.56. The number of hydrogen-bond acceptors (Lipinski definition) is 2. The third kappa shape index (κ3) is 6.01. The molecule has 1 aliphatic heterocycles. The first-order chi connectivity index (χ1) is 11.9. The van der Waals surface area contributed by atoms with Crippen molar-refractivity contribution < 1.29 is 19.3 Å². The fourth-order valence-electron chi connectivity index (χ4n) is 3.32. The minimum atomic E-state index is 0.181. The number of carbonyl (C=O) groups is 1. The van der Waals surface area contributed by atoms with Crippen molar-refractivity contribution in [3.63, 3.8) is 0 Å². The van der Waals surface area contributed by atoms with Crippen molar-refractivity contribution in [1.29, 1.82) is 0 Å². The number of nitrogens with one attached hydrogen (secondary N) is 3. The predicted octanol–water partition coefficient (Wildman–Crippen LogP) is -0.552. The molecule has 5 heteroatoms. The van der Waals surface area contributed by atoms with Crippen LogP contribution in [0.15, 0.2) is 18.2 Å².